The van der Waals surface area contributed by atoms with Crippen molar-refractivity contribution >= 4 is 45.7 Å². The molecule has 0 bridgehead atoms. The fourth-order valence-electron chi connectivity index (χ4n) is 7.46. The molecule has 5 aliphatic rings. The predicted octanol–water partition coefficient (Wildman–Crippen LogP) is 3.49. The van der Waals surface area contributed by atoms with Crippen molar-refractivity contribution < 1.29 is 51.0 Å². The van der Waals surface area contributed by atoms with Crippen molar-refractivity contribution in [3.63, 3.8) is 0 Å². The molecule has 5 amide bonds. The van der Waals surface area contributed by atoms with Gasteiger partial charge in [0.1, 0.15) is 40.9 Å². The molecule has 2 aliphatic heterocycles. The lowest BCUT2D eigenvalue weighted by Gasteiger charge is -2.30. The quantitative estimate of drug-likeness (QED) is 0.235. The molecule has 3 N–H and O–H groups in total. The van der Waals surface area contributed by atoms with E-state index >= 15 is 0 Å². The molecule has 0 unspecified atom stereocenters. The number of benzene rings is 1. The molecule has 3 fully saturated rings. The van der Waals surface area contributed by atoms with Gasteiger partial charge in [-0.2, -0.15) is 0 Å². The number of alkyl carbamates (subject to hydrolysis) is 1. The number of hydrogen-bond donors (Lipinski definition) is 3. The van der Waals surface area contributed by atoms with Gasteiger partial charge in [-0.3, -0.25) is 28.8 Å². The standard InChI is InChI=1S/C38H50FN5O10S/c1-5-24-18-38(24,34(48)42-55(51,52)27-13-14-27)41-32(46)31-17-26(53-36(50)43-19-23-10-7-11-29(39)28(23)21-43)20-44(31)33(47)30(40-35(49)54-37(2,3)4)15-12-25(45)16-22-8-6-9-22/h7-8,10-11,24,26-27,30-31H,5-6,9,12-21H2,1-4H3,(H,40,49)(H,41,46)(H,42,48)/t24-,26-,30+,31+,38-/m1/s1. The Balaban J connectivity index is 1.22. The minimum Gasteiger partial charge on any atom is -0.444 e. The van der Waals surface area contributed by atoms with Crippen LogP contribution in [0.4, 0.5) is 14.0 Å². The summed E-state index contributed by atoms with van der Waals surface area (Å²) in [4.78, 5) is 83.9. The molecule has 3 aliphatic carbocycles. The van der Waals surface area contributed by atoms with Gasteiger partial charge >= 0.3 is 12.2 Å². The summed E-state index contributed by atoms with van der Waals surface area (Å²) in [5.74, 6) is -3.34. The molecule has 17 heteroatoms. The third-order valence-electron chi connectivity index (χ3n) is 10.9. The van der Waals surface area contributed by atoms with Gasteiger partial charge in [0.15, 0.2) is 0 Å². The fourth-order valence-corrected chi connectivity index (χ4v) is 8.82. The zero-order valence-electron chi connectivity index (χ0n) is 31.7. The fraction of sp³-hybridized carbons (Fsp3) is 0.632. The van der Waals surface area contributed by atoms with E-state index in [2.05, 4.69) is 15.4 Å². The maximum absolute atomic E-state index is 14.5. The highest BCUT2D eigenvalue weighted by Gasteiger charge is 2.62. The average Bonchev–Trinajstić information content (AvgIpc) is 3.98. The molecular formula is C38H50FN5O10S. The van der Waals surface area contributed by atoms with Crippen LogP contribution in [-0.4, -0.2) is 95.0 Å². The lowest BCUT2D eigenvalue weighted by molar-refractivity contribution is -0.141. The number of fused-ring (bicyclic) bond motifs is 1. The maximum atomic E-state index is 14.5. The molecule has 15 nitrogen and oxygen atoms in total. The van der Waals surface area contributed by atoms with Gasteiger partial charge in [0.25, 0.3) is 5.91 Å². The molecule has 0 spiro atoms. The monoisotopic (exact) mass is 787 g/mol. The van der Waals surface area contributed by atoms with E-state index in [0.29, 0.717) is 30.4 Å². The van der Waals surface area contributed by atoms with Gasteiger partial charge in [-0.15, -0.1) is 0 Å². The van der Waals surface area contributed by atoms with E-state index < -0.39 is 80.3 Å². The van der Waals surface area contributed by atoms with Gasteiger partial charge in [-0.05, 0) is 76.8 Å². The number of rotatable bonds is 14. The second kappa shape index (κ2) is 15.5. The molecule has 2 heterocycles. The first-order valence-electron chi connectivity index (χ1n) is 19.0. The van der Waals surface area contributed by atoms with Crippen molar-refractivity contribution in [2.45, 2.75) is 140 Å². The third-order valence-corrected chi connectivity index (χ3v) is 12.7. The number of carbonyl (C=O) groups is 6. The van der Waals surface area contributed by atoms with Crippen LogP contribution in [0.25, 0.3) is 0 Å². The Morgan fingerprint density at radius 1 is 1.09 bits per heavy atom. The Hall–Kier alpha value is -4.54. The number of carbonyl (C=O) groups excluding carboxylic acids is 6. The number of ketones is 1. The van der Waals surface area contributed by atoms with Crippen LogP contribution in [0.3, 0.4) is 0 Å². The van der Waals surface area contributed by atoms with Gasteiger partial charge in [0.2, 0.25) is 21.8 Å². The summed E-state index contributed by atoms with van der Waals surface area (Å²) in [6.07, 6.45) is 2.30. The Morgan fingerprint density at radius 2 is 1.82 bits per heavy atom. The predicted molar refractivity (Wildman–Crippen MR) is 195 cm³/mol. The van der Waals surface area contributed by atoms with Crippen molar-refractivity contribution in [1.82, 2.24) is 25.2 Å². The highest BCUT2D eigenvalue weighted by molar-refractivity contribution is 7.91. The second-order valence-corrected chi connectivity index (χ2v) is 18.2. The molecule has 6 rings (SSSR count). The number of nitrogens with one attached hydrogen (secondary N) is 3. The maximum Gasteiger partial charge on any atom is 0.410 e. The molecule has 0 radical (unpaired) electrons. The molecule has 1 saturated heterocycles. The van der Waals surface area contributed by atoms with E-state index in [1.807, 2.05) is 6.08 Å². The van der Waals surface area contributed by atoms with Crippen molar-refractivity contribution in [1.29, 1.82) is 0 Å². The number of sulfonamides is 1. The second-order valence-electron chi connectivity index (χ2n) is 16.3. The van der Waals surface area contributed by atoms with Crippen molar-refractivity contribution in [3.8, 4) is 0 Å². The smallest absolute Gasteiger partial charge is 0.410 e. The molecule has 1 aromatic rings. The zero-order chi connectivity index (χ0) is 39.9. The summed E-state index contributed by atoms with van der Waals surface area (Å²) in [6, 6.07) is 1.91. The topological polar surface area (TPSA) is 198 Å². The van der Waals surface area contributed by atoms with Crippen LogP contribution in [-0.2, 0) is 51.8 Å². The Labute approximate surface area is 320 Å². The van der Waals surface area contributed by atoms with Crippen LogP contribution in [0.5, 0.6) is 0 Å². The number of nitrogens with zero attached hydrogens (tertiary/aromatic N) is 2. The van der Waals surface area contributed by atoms with Crippen LogP contribution in [0.2, 0.25) is 0 Å². The number of allylic oxidation sites excluding steroid dienone is 2. The van der Waals surface area contributed by atoms with Crippen molar-refractivity contribution in [3.05, 3.63) is 46.8 Å². The molecular weight excluding hydrogens is 738 g/mol. The van der Waals surface area contributed by atoms with Crippen LogP contribution >= 0.6 is 0 Å². The number of Topliss-reactive ketones (excluding diaryl/α,β-unsaturated/α-hetero) is 1. The average molecular weight is 788 g/mol. The third kappa shape index (κ3) is 9.30. The summed E-state index contributed by atoms with van der Waals surface area (Å²) in [7, 11) is -3.93. The van der Waals surface area contributed by atoms with Gasteiger partial charge in [-0.25, -0.2) is 22.4 Å². The van der Waals surface area contributed by atoms with E-state index in [9.17, 15) is 41.6 Å². The van der Waals surface area contributed by atoms with Crippen LogP contribution in [0.1, 0.15) is 103 Å². The highest BCUT2D eigenvalue weighted by atomic mass is 32.2. The molecule has 55 heavy (non-hydrogen) atoms. The lowest BCUT2D eigenvalue weighted by atomic mass is 9.92. The normalized spacial score (nSPS) is 24.8. The Kier molecular flexibility index (Phi) is 11.3. The van der Waals surface area contributed by atoms with E-state index in [0.717, 1.165) is 23.3 Å². The van der Waals surface area contributed by atoms with Gasteiger partial charge in [0.05, 0.1) is 18.3 Å². The zero-order valence-corrected chi connectivity index (χ0v) is 32.5. The SMILES string of the molecule is CC[C@@H]1C[C@]1(NC(=O)[C@@H]1C[C@@H](OC(=O)N2Cc3cccc(F)c3C2)CN1C(=O)[C@H](CCC(=O)CC1=CCC1)NC(=O)OC(C)(C)C)C(=O)NS(=O)(=O)C1CC1. The molecule has 1 aromatic carbocycles. The summed E-state index contributed by atoms with van der Waals surface area (Å²) < 4.78 is 53.2. The van der Waals surface area contributed by atoms with Crippen LogP contribution < -0.4 is 15.4 Å². The molecule has 0 aromatic heterocycles. The van der Waals surface area contributed by atoms with Crippen LogP contribution in [0.15, 0.2) is 29.8 Å². The van der Waals surface area contributed by atoms with Crippen molar-refractivity contribution in [2.24, 2.45) is 5.92 Å². The number of hydrogen-bond acceptors (Lipinski definition) is 10. The van der Waals surface area contributed by atoms with Crippen molar-refractivity contribution in [2.75, 3.05) is 6.54 Å². The Morgan fingerprint density at radius 3 is 2.42 bits per heavy atom. The van der Waals surface area contributed by atoms with Crippen LogP contribution in [0, 0.1) is 11.7 Å². The van der Waals surface area contributed by atoms with E-state index in [1.54, 1.807) is 39.8 Å². The molecule has 5 atom stereocenters. The lowest BCUT2D eigenvalue weighted by Crippen LogP contribution is -2.58. The molecule has 2 saturated carbocycles. The first-order valence-corrected chi connectivity index (χ1v) is 20.5. The first kappa shape index (κ1) is 40.1. The minimum absolute atomic E-state index is 0.0350. The summed E-state index contributed by atoms with van der Waals surface area (Å²) in [5, 5.41) is 4.64. The van der Waals surface area contributed by atoms with Gasteiger partial charge in [0, 0.05) is 31.4 Å². The van der Waals surface area contributed by atoms with Gasteiger partial charge in [-0.1, -0.05) is 37.1 Å². The number of likely N-dealkylation sites (tertiary alicyclic amines) is 1. The number of amides is 5. The largest absolute Gasteiger partial charge is 0.444 e. The van der Waals surface area contributed by atoms with E-state index in [4.69, 9.17) is 9.47 Å². The number of halogens is 1. The summed E-state index contributed by atoms with van der Waals surface area (Å²) in [6.45, 7) is 6.53. The minimum atomic E-state index is -3.93. The Bertz CT molecular complexity index is 1890. The number of ether oxygens (including phenoxy) is 2. The first-order chi connectivity index (χ1) is 25.9. The highest BCUT2D eigenvalue weighted by Crippen LogP contribution is 2.47. The molecule has 300 valence electrons. The van der Waals surface area contributed by atoms with Gasteiger partial charge < -0.3 is 25.0 Å². The van der Waals surface area contributed by atoms with E-state index in [-0.39, 0.29) is 63.4 Å². The summed E-state index contributed by atoms with van der Waals surface area (Å²) in [5.41, 5.74) is -0.467. The van der Waals surface area contributed by atoms with E-state index in [1.165, 1.54) is 11.0 Å². The summed E-state index contributed by atoms with van der Waals surface area (Å²) >= 11 is 0.